The van der Waals surface area contributed by atoms with Crippen molar-refractivity contribution in [3.63, 3.8) is 0 Å². The van der Waals surface area contributed by atoms with Crippen molar-refractivity contribution in [1.29, 1.82) is 0 Å². The third-order valence-electron chi connectivity index (χ3n) is 3.36. The fourth-order valence-electron chi connectivity index (χ4n) is 2.17. The molecule has 0 aromatic carbocycles. The lowest BCUT2D eigenvalue weighted by atomic mass is 10.0. The van der Waals surface area contributed by atoms with Crippen molar-refractivity contribution in [1.82, 2.24) is 19.9 Å². The first-order valence-electron chi connectivity index (χ1n) is 5.92. The number of piperidine rings is 1. The normalized spacial score (nSPS) is 19.9. The molecule has 0 spiro atoms. The molecule has 1 aliphatic heterocycles. The van der Waals surface area contributed by atoms with E-state index in [2.05, 4.69) is 10.3 Å². The summed E-state index contributed by atoms with van der Waals surface area (Å²) in [6.07, 6.45) is 2.16. The lowest BCUT2D eigenvalue weighted by Gasteiger charge is -2.32. The van der Waals surface area contributed by atoms with Crippen LogP contribution in [-0.2, 0) is 11.8 Å². The average Bonchev–Trinajstić information content (AvgIpc) is 2.69. The van der Waals surface area contributed by atoms with E-state index < -0.39 is 12.0 Å². The summed E-state index contributed by atoms with van der Waals surface area (Å²) in [6.45, 7) is 2.21. The van der Waals surface area contributed by atoms with E-state index in [-0.39, 0.29) is 11.6 Å². The van der Waals surface area contributed by atoms with E-state index in [4.69, 9.17) is 5.11 Å². The molecule has 7 nitrogen and oxygen atoms in total. The zero-order valence-electron chi connectivity index (χ0n) is 10.5. The number of nitrogens with zero attached hydrogens (tertiary/aromatic N) is 4. The van der Waals surface area contributed by atoms with Gasteiger partial charge in [0, 0.05) is 13.6 Å². The van der Waals surface area contributed by atoms with E-state index in [0.29, 0.717) is 18.7 Å². The molecule has 1 aromatic rings. The molecule has 1 unspecified atom stereocenters. The summed E-state index contributed by atoms with van der Waals surface area (Å²) in [5.74, 6) is -1.29. The first kappa shape index (κ1) is 12.5. The van der Waals surface area contributed by atoms with Crippen LogP contribution in [0.1, 0.15) is 35.4 Å². The highest BCUT2D eigenvalue weighted by Gasteiger charge is 2.34. The number of carbonyl (C=O) groups excluding carboxylic acids is 1. The summed E-state index contributed by atoms with van der Waals surface area (Å²) in [4.78, 5) is 24.8. The lowest BCUT2D eigenvalue weighted by molar-refractivity contribution is -0.143. The van der Waals surface area contributed by atoms with Gasteiger partial charge in [0.1, 0.15) is 6.04 Å². The number of aryl methyl sites for hydroxylation is 1. The Labute approximate surface area is 104 Å². The number of carboxylic acid groups (broad SMARTS) is 1. The Hall–Kier alpha value is -1.92. The molecule has 2 rings (SSSR count). The third-order valence-corrected chi connectivity index (χ3v) is 3.36. The molecule has 7 heteroatoms. The zero-order chi connectivity index (χ0) is 13.3. The van der Waals surface area contributed by atoms with Crippen LogP contribution in [-0.4, -0.2) is 49.5 Å². The van der Waals surface area contributed by atoms with Crippen LogP contribution in [0.3, 0.4) is 0 Å². The molecular formula is C11H16N4O3. The predicted molar refractivity (Wildman–Crippen MR) is 62.1 cm³/mol. The summed E-state index contributed by atoms with van der Waals surface area (Å²) < 4.78 is 1.51. The number of amides is 1. The van der Waals surface area contributed by atoms with Gasteiger partial charge < -0.3 is 10.0 Å². The van der Waals surface area contributed by atoms with Gasteiger partial charge in [-0.1, -0.05) is 5.21 Å². The van der Waals surface area contributed by atoms with Crippen molar-refractivity contribution in [2.45, 2.75) is 32.2 Å². The standard InChI is InChI=1S/C11H16N4O3/c1-7-9(12-13-14(7)2)10(16)15-6-4-3-5-8(15)11(17)18/h8H,3-6H2,1-2H3,(H,17,18). The summed E-state index contributed by atoms with van der Waals surface area (Å²) in [5.41, 5.74) is 0.889. The topological polar surface area (TPSA) is 88.3 Å². The molecule has 0 saturated carbocycles. The molecular weight excluding hydrogens is 236 g/mol. The molecule has 1 amide bonds. The van der Waals surface area contributed by atoms with Gasteiger partial charge in [-0.15, -0.1) is 5.10 Å². The van der Waals surface area contributed by atoms with Crippen molar-refractivity contribution >= 4 is 11.9 Å². The largest absolute Gasteiger partial charge is 0.480 e. The van der Waals surface area contributed by atoms with Gasteiger partial charge in [-0.3, -0.25) is 9.48 Å². The van der Waals surface area contributed by atoms with Crippen LogP contribution in [0.4, 0.5) is 0 Å². The van der Waals surface area contributed by atoms with Gasteiger partial charge in [-0.25, -0.2) is 4.79 Å². The van der Waals surface area contributed by atoms with E-state index in [1.807, 2.05) is 0 Å². The molecule has 2 heterocycles. The summed E-state index contributed by atoms with van der Waals surface area (Å²) >= 11 is 0. The van der Waals surface area contributed by atoms with Crippen LogP contribution in [0.15, 0.2) is 0 Å². The Bertz CT molecular complexity index is 483. The lowest BCUT2D eigenvalue weighted by Crippen LogP contribution is -2.48. The van der Waals surface area contributed by atoms with Crippen LogP contribution in [0.25, 0.3) is 0 Å². The van der Waals surface area contributed by atoms with E-state index in [0.717, 1.165) is 12.8 Å². The number of hydrogen-bond acceptors (Lipinski definition) is 4. The average molecular weight is 252 g/mol. The van der Waals surface area contributed by atoms with Crippen molar-refractivity contribution in [2.24, 2.45) is 7.05 Å². The number of carbonyl (C=O) groups is 2. The van der Waals surface area contributed by atoms with Crippen LogP contribution in [0.5, 0.6) is 0 Å². The fraction of sp³-hybridized carbons (Fsp3) is 0.636. The molecule has 1 fully saturated rings. The quantitative estimate of drug-likeness (QED) is 0.812. The first-order chi connectivity index (χ1) is 8.52. The van der Waals surface area contributed by atoms with Crippen molar-refractivity contribution < 1.29 is 14.7 Å². The maximum atomic E-state index is 12.3. The van der Waals surface area contributed by atoms with E-state index >= 15 is 0 Å². The molecule has 98 valence electrons. The van der Waals surface area contributed by atoms with Crippen LogP contribution >= 0.6 is 0 Å². The number of hydrogen-bond donors (Lipinski definition) is 1. The third kappa shape index (κ3) is 2.07. The van der Waals surface area contributed by atoms with Crippen molar-refractivity contribution in [3.05, 3.63) is 11.4 Å². The second-order valence-electron chi connectivity index (χ2n) is 4.50. The van der Waals surface area contributed by atoms with Crippen molar-refractivity contribution in [3.8, 4) is 0 Å². The molecule has 0 aliphatic carbocycles. The number of rotatable bonds is 2. The van der Waals surface area contributed by atoms with Crippen LogP contribution < -0.4 is 0 Å². The molecule has 0 bridgehead atoms. The van der Waals surface area contributed by atoms with Gasteiger partial charge in [0.15, 0.2) is 5.69 Å². The van der Waals surface area contributed by atoms with Gasteiger partial charge in [0.05, 0.1) is 5.69 Å². The van der Waals surface area contributed by atoms with Gasteiger partial charge in [-0.05, 0) is 26.2 Å². The molecule has 1 saturated heterocycles. The van der Waals surface area contributed by atoms with E-state index in [9.17, 15) is 9.59 Å². The van der Waals surface area contributed by atoms with Gasteiger partial charge in [0.25, 0.3) is 5.91 Å². The van der Waals surface area contributed by atoms with E-state index in [1.54, 1.807) is 14.0 Å². The van der Waals surface area contributed by atoms with Gasteiger partial charge >= 0.3 is 5.97 Å². The number of aliphatic carboxylic acids is 1. The monoisotopic (exact) mass is 252 g/mol. The molecule has 18 heavy (non-hydrogen) atoms. The highest BCUT2D eigenvalue weighted by molar-refractivity contribution is 5.95. The number of carboxylic acids is 1. The molecule has 1 N–H and O–H groups in total. The Morgan fingerprint density at radius 1 is 1.39 bits per heavy atom. The summed E-state index contributed by atoms with van der Waals surface area (Å²) in [5, 5.41) is 16.7. The van der Waals surface area contributed by atoms with Crippen LogP contribution in [0, 0.1) is 6.92 Å². The van der Waals surface area contributed by atoms with Gasteiger partial charge in [-0.2, -0.15) is 0 Å². The smallest absolute Gasteiger partial charge is 0.326 e. The molecule has 1 atom stereocenters. The Morgan fingerprint density at radius 2 is 2.11 bits per heavy atom. The zero-order valence-corrected chi connectivity index (χ0v) is 10.5. The Morgan fingerprint density at radius 3 is 2.67 bits per heavy atom. The predicted octanol–water partition coefficient (Wildman–Crippen LogP) is 0.203. The highest BCUT2D eigenvalue weighted by Crippen LogP contribution is 2.20. The molecule has 1 aromatic heterocycles. The fourth-order valence-corrected chi connectivity index (χ4v) is 2.17. The Kier molecular flexibility index (Phi) is 3.31. The van der Waals surface area contributed by atoms with Crippen LogP contribution in [0.2, 0.25) is 0 Å². The second-order valence-corrected chi connectivity index (χ2v) is 4.50. The highest BCUT2D eigenvalue weighted by atomic mass is 16.4. The Balaban J connectivity index is 2.26. The molecule has 1 aliphatic rings. The second kappa shape index (κ2) is 4.75. The maximum Gasteiger partial charge on any atom is 0.326 e. The SMILES string of the molecule is Cc1c(C(=O)N2CCCCC2C(=O)O)nnn1C. The molecule has 0 radical (unpaired) electrons. The van der Waals surface area contributed by atoms with Crippen molar-refractivity contribution in [2.75, 3.05) is 6.54 Å². The summed E-state index contributed by atoms with van der Waals surface area (Å²) in [6, 6.07) is -0.743. The minimum atomic E-state index is -0.954. The number of aromatic nitrogens is 3. The summed E-state index contributed by atoms with van der Waals surface area (Å²) in [7, 11) is 1.70. The van der Waals surface area contributed by atoms with Gasteiger partial charge in [0.2, 0.25) is 0 Å². The van der Waals surface area contributed by atoms with E-state index in [1.165, 1.54) is 9.58 Å². The minimum absolute atomic E-state index is 0.241. The first-order valence-corrected chi connectivity index (χ1v) is 5.92. The minimum Gasteiger partial charge on any atom is -0.480 e. The number of likely N-dealkylation sites (tertiary alicyclic amines) is 1. The maximum absolute atomic E-state index is 12.3.